The molecule has 0 aromatic carbocycles. The predicted molar refractivity (Wildman–Crippen MR) is 43.1 cm³/mol. The lowest BCUT2D eigenvalue weighted by molar-refractivity contribution is 0.412. The predicted octanol–water partition coefficient (Wildman–Crippen LogP) is 0.828. The Morgan fingerprint density at radius 3 is 2.91 bits per heavy atom. The average molecular weight is 171 g/mol. The van der Waals surface area contributed by atoms with Gasteiger partial charge in [0.2, 0.25) is 5.03 Å². The first-order chi connectivity index (χ1) is 5.24. The molecule has 0 aliphatic heterocycles. The summed E-state index contributed by atoms with van der Waals surface area (Å²) in [5.41, 5.74) is 0. The van der Waals surface area contributed by atoms with E-state index in [1.165, 1.54) is 0 Å². The Morgan fingerprint density at radius 1 is 1.64 bits per heavy atom. The Labute approximate surface area is 68.6 Å². The van der Waals surface area contributed by atoms with Crippen molar-refractivity contribution < 1.29 is 9.29 Å². The van der Waals surface area contributed by atoms with Crippen molar-refractivity contribution in [1.82, 2.24) is 4.98 Å². The van der Waals surface area contributed by atoms with Crippen molar-refractivity contribution in [3.63, 3.8) is 0 Å². The molecule has 0 saturated heterocycles. The second kappa shape index (κ2) is 3.59. The van der Waals surface area contributed by atoms with Crippen LogP contribution in [0.5, 0.6) is 5.75 Å². The zero-order valence-electron chi connectivity index (χ0n) is 6.40. The summed E-state index contributed by atoms with van der Waals surface area (Å²) in [5.74, 6) is 0.685. The van der Waals surface area contributed by atoms with Gasteiger partial charge in [-0.25, -0.2) is 4.98 Å². The molecule has 1 unspecified atom stereocenters. The summed E-state index contributed by atoms with van der Waals surface area (Å²) in [6.45, 7) is 0. The summed E-state index contributed by atoms with van der Waals surface area (Å²) in [6.07, 6.45) is 3.16. The van der Waals surface area contributed by atoms with E-state index in [9.17, 15) is 4.55 Å². The van der Waals surface area contributed by atoms with Crippen molar-refractivity contribution in [2.24, 2.45) is 0 Å². The molecule has 0 amide bonds. The van der Waals surface area contributed by atoms with E-state index < -0.39 is 11.2 Å². The van der Waals surface area contributed by atoms with Gasteiger partial charge >= 0.3 is 0 Å². The molecule has 3 nitrogen and oxygen atoms in total. The summed E-state index contributed by atoms with van der Waals surface area (Å²) >= 11 is -1.03. The van der Waals surface area contributed by atoms with Gasteiger partial charge in [0.15, 0.2) is 0 Å². The molecule has 11 heavy (non-hydrogen) atoms. The topological polar surface area (TPSA) is 45.2 Å². The van der Waals surface area contributed by atoms with Crippen molar-refractivity contribution in [3.05, 3.63) is 18.3 Å². The van der Waals surface area contributed by atoms with Crippen LogP contribution in [0, 0.1) is 0 Å². The fourth-order valence-corrected chi connectivity index (χ4v) is 1.17. The zero-order valence-corrected chi connectivity index (χ0v) is 7.22. The van der Waals surface area contributed by atoms with Gasteiger partial charge in [-0.05, 0) is 6.07 Å². The maximum atomic E-state index is 10.9. The molecule has 1 atom stereocenters. The van der Waals surface area contributed by atoms with Crippen LogP contribution in [0.3, 0.4) is 0 Å². The molecule has 4 heteroatoms. The van der Waals surface area contributed by atoms with Gasteiger partial charge in [0.1, 0.15) is 12.0 Å². The SMILES string of the molecule is COc1ccnc([S+](C)[O-])c1. The highest BCUT2D eigenvalue weighted by Crippen LogP contribution is 2.13. The summed E-state index contributed by atoms with van der Waals surface area (Å²) in [4.78, 5) is 3.91. The number of pyridine rings is 1. The fraction of sp³-hybridized carbons (Fsp3) is 0.286. The van der Waals surface area contributed by atoms with Gasteiger partial charge in [0, 0.05) is 17.4 Å². The maximum absolute atomic E-state index is 10.9. The lowest BCUT2D eigenvalue weighted by Crippen LogP contribution is -2.00. The molecule has 1 aromatic rings. The molecule has 0 aliphatic rings. The molecule has 1 aromatic heterocycles. The van der Waals surface area contributed by atoms with Crippen LogP contribution in [0.25, 0.3) is 0 Å². The van der Waals surface area contributed by atoms with Crippen LogP contribution in [0.15, 0.2) is 23.4 Å². The number of hydrogen-bond donors (Lipinski definition) is 0. The minimum atomic E-state index is -1.03. The number of methoxy groups -OCH3 is 1. The lowest BCUT2D eigenvalue weighted by Gasteiger charge is -2.03. The first kappa shape index (κ1) is 8.36. The Morgan fingerprint density at radius 2 is 2.36 bits per heavy atom. The molecule has 1 rings (SSSR count). The number of nitrogens with zero attached hydrogens (tertiary/aromatic N) is 1. The minimum Gasteiger partial charge on any atom is -0.610 e. The standard InChI is InChI=1S/C7H9NO2S/c1-10-6-3-4-8-7(5-6)11(2)9/h3-5H,1-2H3. The van der Waals surface area contributed by atoms with Crippen LogP contribution >= 0.6 is 0 Å². The molecule has 60 valence electrons. The van der Waals surface area contributed by atoms with Crippen LogP contribution in [0.1, 0.15) is 0 Å². The van der Waals surface area contributed by atoms with E-state index in [-0.39, 0.29) is 0 Å². The summed E-state index contributed by atoms with van der Waals surface area (Å²) in [7, 11) is 1.57. The van der Waals surface area contributed by atoms with Gasteiger partial charge in [-0.2, -0.15) is 0 Å². The van der Waals surface area contributed by atoms with E-state index in [0.29, 0.717) is 10.8 Å². The molecule has 0 bridgehead atoms. The Bertz CT molecular complexity index is 240. The highest BCUT2D eigenvalue weighted by atomic mass is 32.2. The third-order valence-corrected chi connectivity index (χ3v) is 2.05. The highest BCUT2D eigenvalue weighted by molar-refractivity contribution is 7.90. The molecule has 0 saturated carbocycles. The van der Waals surface area contributed by atoms with Crippen molar-refractivity contribution in [3.8, 4) is 5.75 Å². The number of rotatable bonds is 2. The molecule has 1 heterocycles. The largest absolute Gasteiger partial charge is 0.610 e. The smallest absolute Gasteiger partial charge is 0.247 e. The number of aromatic nitrogens is 1. The molecular weight excluding hydrogens is 162 g/mol. The lowest BCUT2D eigenvalue weighted by atomic mass is 10.5. The average Bonchev–Trinajstić information content (AvgIpc) is 2.05. The van der Waals surface area contributed by atoms with Crippen molar-refractivity contribution in [2.45, 2.75) is 5.03 Å². The molecule has 0 N–H and O–H groups in total. The van der Waals surface area contributed by atoms with Crippen LogP contribution in [0.4, 0.5) is 0 Å². The second-order valence-electron chi connectivity index (χ2n) is 1.99. The van der Waals surface area contributed by atoms with Crippen molar-refractivity contribution in [1.29, 1.82) is 0 Å². The quantitative estimate of drug-likeness (QED) is 0.619. The van der Waals surface area contributed by atoms with E-state index in [0.717, 1.165) is 0 Å². The van der Waals surface area contributed by atoms with E-state index in [2.05, 4.69) is 4.98 Å². The normalized spacial score (nSPS) is 12.6. The maximum Gasteiger partial charge on any atom is 0.247 e. The van der Waals surface area contributed by atoms with Crippen molar-refractivity contribution in [2.75, 3.05) is 13.4 Å². The van der Waals surface area contributed by atoms with Gasteiger partial charge < -0.3 is 9.29 Å². The van der Waals surface area contributed by atoms with Crippen molar-refractivity contribution >= 4 is 11.2 Å². The van der Waals surface area contributed by atoms with Gasteiger partial charge in [0.25, 0.3) is 0 Å². The van der Waals surface area contributed by atoms with E-state index in [4.69, 9.17) is 4.74 Å². The Balaban J connectivity index is 2.91. The van der Waals surface area contributed by atoms with Crippen LogP contribution in [-0.2, 0) is 11.2 Å². The molecular formula is C7H9NO2S. The summed E-state index contributed by atoms with van der Waals surface area (Å²) < 4.78 is 15.8. The van der Waals surface area contributed by atoms with E-state index >= 15 is 0 Å². The molecule has 0 fully saturated rings. The Kier molecular flexibility index (Phi) is 2.73. The number of ether oxygens (including phenoxy) is 1. The summed E-state index contributed by atoms with van der Waals surface area (Å²) in [6, 6.07) is 3.38. The fourth-order valence-electron chi connectivity index (χ4n) is 0.675. The van der Waals surface area contributed by atoms with Gasteiger partial charge in [-0.3, -0.25) is 0 Å². The molecule has 0 aliphatic carbocycles. The van der Waals surface area contributed by atoms with Crippen LogP contribution in [-0.4, -0.2) is 22.9 Å². The first-order valence-corrected chi connectivity index (χ1v) is 4.63. The number of hydrogen-bond acceptors (Lipinski definition) is 3. The van der Waals surface area contributed by atoms with Gasteiger partial charge in [-0.15, -0.1) is 0 Å². The highest BCUT2D eigenvalue weighted by Gasteiger charge is 2.05. The van der Waals surface area contributed by atoms with Crippen LogP contribution < -0.4 is 4.74 Å². The van der Waals surface area contributed by atoms with E-state index in [1.54, 1.807) is 31.7 Å². The van der Waals surface area contributed by atoms with Crippen LogP contribution in [0.2, 0.25) is 0 Å². The first-order valence-electron chi connectivity index (χ1n) is 3.07. The van der Waals surface area contributed by atoms with E-state index in [1.807, 2.05) is 0 Å². The zero-order chi connectivity index (χ0) is 8.27. The molecule has 0 spiro atoms. The summed E-state index contributed by atoms with van der Waals surface area (Å²) in [5, 5.41) is 0.546. The Hall–Kier alpha value is -0.740. The third kappa shape index (κ3) is 2.10. The third-order valence-electron chi connectivity index (χ3n) is 1.24. The molecule has 0 radical (unpaired) electrons. The van der Waals surface area contributed by atoms with Gasteiger partial charge in [0.05, 0.1) is 13.2 Å². The minimum absolute atomic E-state index is 0.546. The van der Waals surface area contributed by atoms with Gasteiger partial charge in [-0.1, -0.05) is 0 Å². The second-order valence-corrected chi connectivity index (χ2v) is 3.31. The monoisotopic (exact) mass is 171 g/mol.